The van der Waals surface area contributed by atoms with Gasteiger partial charge in [-0.05, 0) is 62.9 Å². The molecule has 2 heterocycles. The van der Waals surface area contributed by atoms with Crippen LogP contribution in [0.15, 0.2) is 11.6 Å². The second-order valence-corrected chi connectivity index (χ2v) is 11.7. The largest absolute Gasteiger partial charge is 0.433 e. The molecule has 4 aliphatic rings. The Kier molecular flexibility index (Phi) is 6.07. The molecule has 0 bridgehead atoms. The number of carbonyl (C=O) groups is 1. The summed E-state index contributed by atoms with van der Waals surface area (Å²) in [7, 11) is 0. The molecule has 2 saturated heterocycles. The van der Waals surface area contributed by atoms with E-state index < -0.39 is 36.2 Å². The number of ether oxygens (including phenoxy) is 3. The first kappa shape index (κ1) is 24.1. The minimum Gasteiger partial charge on any atom is -0.433 e. The van der Waals surface area contributed by atoms with E-state index in [1.54, 1.807) is 0 Å². The highest BCUT2D eigenvalue weighted by atomic mass is 16.7. The lowest BCUT2D eigenvalue weighted by molar-refractivity contribution is -0.265. The third-order valence-electron chi connectivity index (χ3n) is 9.10. The van der Waals surface area contributed by atoms with E-state index in [4.69, 9.17) is 14.2 Å². The zero-order chi connectivity index (χ0) is 23.5. The maximum atomic E-state index is 12.8. The number of esters is 1. The summed E-state index contributed by atoms with van der Waals surface area (Å²) in [5, 5.41) is 29.5. The highest BCUT2D eigenvalue weighted by molar-refractivity contribution is 5.71. The van der Waals surface area contributed by atoms with Gasteiger partial charge in [0.1, 0.15) is 18.3 Å². The normalized spacial score (nSPS) is 48.2. The van der Waals surface area contributed by atoms with Crippen LogP contribution in [0.2, 0.25) is 0 Å². The number of hydrogen-bond acceptors (Lipinski definition) is 7. The predicted octanol–water partition coefficient (Wildman–Crippen LogP) is 2.85. The molecule has 2 aliphatic carbocycles. The smallest absolute Gasteiger partial charge is 0.311 e. The lowest BCUT2D eigenvalue weighted by atomic mass is 9.46. The standard InChI is InChI=1S/C25H40O7/c1-15-7-8-17-22(2,3)9-6-10-24(17,5)25(15)12-11-23(4,32-25)13-18(27)31-21-20(29)19(28)16(26)14-30-21/h7,16-17,19-21,26,28-29H,6,8-14H2,1-5H3/t16-,17-,19-,20+,21-,23-,24-,25+/m1/s1. The van der Waals surface area contributed by atoms with Crippen LogP contribution < -0.4 is 0 Å². The highest BCUT2D eigenvalue weighted by Gasteiger charge is 2.64. The Hall–Kier alpha value is -0.990. The lowest BCUT2D eigenvalue weighted by Crippen LogP contribution is -2.59. The van der Waals surface area contributed by atoms with Crippen molar-refractivity contribution in [2.45, 2.75) is 115 Å². The van der Waals surface area contributed by atoms with Crippen molar-refractivity contribution in [3.05, 3.63) is 11.6 Å². The van der Waals surface area contributed by atoms with Crippen LogP contribution in [0.4, 0.5) is 0 Å². The van der Waals surface area contributed by atoms with E-state index in [0.29, 0.717) is 5.92 Å². The quantitative estimate of drug-likeness (QED) is 0.447. The third-order valence-corrected chi connectivity index (χ3v) is 9.10. The molecule has 0 aromatic carbocycles. The first-order chi connectivity index (χ1) is 14.8. The molecule has 0 unspecified atom stereocenters. The van der Waals surface area contributed by atoms with E-state index >= 15 is 0 Å². The number of rotatable bonds is 3. The van der Waals surface area contributed by atoms with Crippen LogP contribution in [0, 0.1) is 16.7 Å². The van der Waals surface area contributed by atoms with E-state index in [9.17, 15) is 20.1 Å². The minimum absolute atomic E-state index is 0.0121. The van der Waals surface area contributed by atoms with Gasteiger partial charge in [0.05, 0.1) is 24.2 Å². The zero-order valence-corrected chi connectivity index (χ0v) is 20.1. The van der Waals surface area contributed by atoms with Crippen LogP contribution in [0.25, 0.3) is 0 Å². The van der Waals surface area contributed by atoms with E-state index in [1.807, 2.05) is 6.92 Å². The van der Waals surface area contributed by atoms with Crippen LogP contribution in [-0.2, 0) is 19.0 Å². The summed E-state index contributed by atoms with van der Waals surface area (Å²) < 4.78 is 17.5. The van der Waals surface area contributed by atoms with Gasteiger partial charge in [-0.2, -0.15) is 0 Å². The summed E-state index contributed by atoms with van der Waals surface area (Å²) in [6.07, 6.45) is 3.21. The Morgan fingerprint density at radius 1 is 1.09 bits per heavy atom. The van der Waals surface area contributed by atoms with Crippen molar-refractivity contribution >= 4 is 5.97 Å². The molecular formula is C25H40O7. The Morgan fingerprint density at radius 3 is 2.53 bits per heavy atom. The molecule has 3 fully saturated rings. The molecule has 8 atom stereocenters. The van der Waals surface area contributed by atoms with Gasteiger partial charge in [-0.1, -0.05) is 33.3 Å². The minimum atomic E-state index is -1.49. The van der Waals surface area contributed by atoms with Gasteiger partial charge in [0.25, 0.3) is 0 Å². The summed E-state index contributed by atoms with van der Waals surface area (Å²) in [5.41, 5.74) is 0.464. The number of hydrogen-bond donors (Lipinski definition) is 3. The number of fused-ring (bicyclic) bond motifs is 2. The van der Waals surface area contributed by atoms with Crippen molar-refractivity contribution in [3.63, 3.8) is 0 Å². The van der Waals surface area contributed by atoms with Gasteiger partial charge in [-0.15, -0.1) is 0 Å². The molecule has 182 valence electrons. The maximum absolute atomic E-state index is 12.8. The second kappa shape index (κ2) is 8.05. The van der Waals surface area contributed by atoms with E-state index in [2.05, 4.69) is 33.8 Å². The molecule has 7 nitrogen and oxygen atoms in total. The fourth-order valence-corrected chi connectivity index (χ4v) is 7.22. The molecule has 0 amide bonds. The molecule has 0 aromatic rings. The van der Waals surface area contributed by atoms with Gasteiger partial charge >= 0.3 is 5.97 Å². The molecule has 2 aliphatic heterocycles. The van der Waals surface area contributed by atoms with Crippen molar-refractivity contribution in [3.8, 4) is 0 Å². The van der Waals surface area contributed by atoms with Crippen molar-refractivity contribution in [2.75, 3.05) is 6.61 Å². The van der Waals surface area contributed by atoms with E-state index in [1.165, 1.54) is 18.4 Å². The van der Waals surface area contributed by atoms with Crippen LogP contribution in [0.3, 0.4) is 0 Å². The van der Waals surface area contributed by atoms with Crippen LogP contribution in [0.5, 0.6) is 0 Å². The summed E-state index contributed by atoms with van der Waals surface area (Å²) in [5.74, 6) is -0.0132. The van der Waals surface area contributed by atoms with E-state index in [-0.39, 0.29) is 29.5 Å². The maximum Gasteiger partial charge on any atom is 0.311 e. The summed E-state index contributed by atoms with van der Waals surface area (Å²) in [4.78, 5) is 12.8. The van der Waals surface area contributed by atoms with Gasteiger partial charge in [0.2, 0.25) is 6.29 Å². The van der Waals surface area contributed by atoms with Crippen molar-refractivity contribution < 1.29 is 34.3 Å². The number of aliphatic hydroxyl groups is 3. The Labute approximate surface area is 191 Å². The van der Waals surface area contributed by atoms with Gasteiger partial charge in [-0.3, -0.25) is 4.79 Å². The molecule has 3 N–H and O–H groups in total. The molecule has 4 rings (SSSR count). The van der Waals surface area contributed by atoms with Gasteiger partial charge in [0.15, 0.2) is 0 Å². The average Bonchev–Trinajstić information content (AvgIpc) is 3.05. The molecular weight excluding hydrogens is 412 g/mol. The molecule has 7 heteroatoms. The van der Waals surface area contributed by atoms with Crippen LogP contribution in [-0.4, -0.2) is 63.7 Å². The SMILES string of the molecule is CC1=CC[C@@H]2C(C)(C)CCC[C@@]2(C)[C@]12CC[C@](C)(CC(=O)O[C@H]1OC[C@@H](O)[C@@H](O)[C@@H]1O)O2. The Balaban J connectivity index is 1.49. The predicted molar refractivity (Wildman–Crippen MR) is 118 cm³/mol. The van der Waals surface area contributed by atoms with E-state index in [0.717, 1.165) is 25.7 Å². The summed E-state index contributed by atoms with van der Waals surface area (Å²) in [6, 6.07) is 0. The molecule has 0 radical (unpaired) electrons. The zero-order valence-electron chi connectivity index (χ0n) is 20.1. The topological polar surface area (TPSA) is 105 Å². The number of carbonyl (C=O) groups excluding carboxylic acids is 1. The van der Waals surface area contributed by atoms with Crippen LogP contribution in [0.1, 0.15) is 79.6 Å². The molecule has 1 spiro atoms. The first-order valence-corrected chi connectivity index (χ1v) is 12.1. The van der Waals surface area contributed by atoms with Gasteiger partial charge in [0, 0.05) is 5.41 Å². The average molecular weight is 453 g/mol. The second-order valence-electron chi connectivity index (χ2n) is 11.7. The van der Waals surface area contributed by atoms with Gasteiger partial charge in [-0.25, -0.2) is 0 Å². The fourth-order valence-electron chi connectivity index (χ4n) is 7.22. The monoisotopic (exact) mass is 452 g/mol. The number of aliphatic hydroxyl groups excluding tert-OH is 3. The first-order valence-electron chi connectivity index (χ1n) is 12.1. The van der Waals surface area contributed by atoms with Crippen molar-refractivity contribution in [1.29, 1.82) is 0 Å². The third kappa shape index (κ3) is 3.74. The highest BCUT2D eigenvalue weighted by Crippen LogP contribution is 2.66. The fraction of sp³-hybridized carbons (Fsp3) is 0.880. The Morgan fingerprint density at radius 2 is 1.81 bits per heavy atom. The molecule has 0 aromatic heterocycles. The van der Waals surface area contributed by atoms with Gasteiger partial charge < -0.3 is 29.5 Å². The summed E-state index contributed by atoms with van der Waals surface area (Å²) >= 11 is 0. The molecule has 32 heavy (non-hydrogen) atoms. The van der Waals surface area contributed by atoms with Crippen molar-refractivity contribution in [1.82, 2.24) is 0 Å². The lowest BCUT2D eigenvalue weighted by Gasteiger charge is -2.61. The summed E-state index contributed by atoms with van der Waals surface area (Å²) in [6.45, 7) is 11.1. The van der Waals surface area contributed by atoms with Crippen LogP contribution >= 0.6 is 0 Å². The number of allylic oxidation sites excluding steroid dienone is 1. The van der Waals surface area contributed by atoms with Crippen molar-refractivity contribution in [2.24, 2.45) is 16.7 Å². The Bertz CT molecular complexity index is 778. The molecule has 1 saturated carbocycles.